The number of fused-ring (bicyclic) bond motifs is 1. The number of hydrogen-bond acceptors (Lipinski definition) is 4. The van der Waals surface area contributed by atoms with E-state index in [1.807, 2.05) is 6.20 Å². The van der Waals surface area contributed by atoms with Crippen molar-refractivity contribution in [1.82, 2.24) is 14.5 Å². The van der Waals surface area contributed by atoms with Crippen LogP contribution in [0.1, 0.15) is 64.0 Å². The Hall–Kier alpha value is -1.62. The average molecular weight is 316 g/mol. The number of rotatable bonds is 5. The van der Waals surface area contributed by atoms with Crippen molar-refractivity contribution in [1.29, 1.82) is 0 Å². The number of aromatic nitrogens is 3. The molecule has 0 unspecified atom stereocenters. The summed E-state index contributed by atoms with van der Waals surface area (Å²) in [5, 5.41) is 14.3. The molecule has 1 aliphatic rings. The third-order valence-corrected chi connectivity index (χ3v) is 4.93. The third-order valence-electron chi connectivity index (χ3n) is 4.93. The van der Waals surface area contributed by atoms with Crippen LogP contribution in [0.25, 0.3) is 11.0 Å². The minimum atomic E-state index is -0.129. The summed E-state index contributed by atoms with van der Waals surface area (Å²) in [4.78, 5) is 9.28. The van der Waals surface area contributed by atoms with Crippen molar-refractivity contribution in [3.8, 4) is 0 Å². The molecule has 1 atom stereocenters. The third kappa shape index (κ3) is 3.50. The van der Waals surface area contributed by atoms with Crippen LogP contribution in [-0.2, 0) is 0 Å². The second kappa shape index (κ2) is 6.87. The number of aryl methyl sites for hydroxylation is 1. The van der Waals surface area contributed by atoms with Gasteiger partial charge >= 0.3 is 0 Å². The van der Waals surface area contributed by atoms with Gasteiger partial charge in [0.25, 0.3) is 0 Å². The molecule has 5 nitrogen and oxygen atoms in total. The molecular formula is C18H28N4O. The van der Waals surface area contributed by atoms with E-state index in [4.69, 9.17) is 4.98 Å². The molecule has 3 rings (SSSR count). The Morgan fingerprint density at radius 2 is 2.09 bits per heavy atom. The van der Waals surface area contributed by atoms with E-state index in [0.29, 0.717) is 18.0 Å². The second-order valence-corrected chi connectivity index (χ2v) is 6.95. The van der Waals surface area contributed by atoms with Crippen LogP contribution in [0.5, 0.6) is 0 Å². The largest absolute Gasteiger partial charge is 0.393 e. The molecule has 0 aromatic carbocycles. The van der Waals surface area contributed by atoms with E-state index in [1.54, 1.807) is 0 Å². The van der Waals surface area contributed by atoms with Gasteiger partial charge in [-0.05, 0) is 51.5 Å². The maximum absolute atomic E-state index is 9.74. The monoisotopic (exact) mass is 316 g/mol. The Labute approximate surface area is 138 Å². The molecule has 0 spiro atoms. The van der Waals surface area contributed by atoms with Gasteiger partial charge in [0.05, 0.1) is 6.10 Å². The smallest absolute Gasteiger partial charge is 0.224 e. The predicted octanol–water partition coefficient (Wildman–Crippen LogP) is 3.82. The number of nitrogens with zero attached hydrogens (tertiary/aromatic N) is 3. The van der Waals surface area contributed by atoms with Crippen LogP contribution in [0.15, 0.2) is 12.4 Å². The fraction of sp³-hybridized carbons (Fsp3) is 0.667. The van der Waals surface area contributed by atoms with Crippen molar-refractivity contribution >= 4 is 17.0 Å². The first kappa shape index (κ1) is 16.2. The molecular weight excluding hydrogens is 288 g/mol. The molecule has 126 valence electrons. The van der Waals surface area contributed by atoms with Gasteiger partial charge < -0.3 is 15.0 Å². The van der Waals surface area contributed by atoms with Crippen molar-refractivity contribution in [2.45, 2.75) is 77.5 Å². The van der Waals surface area contributed by atoms with E-state index in [0.717, 1.165) is 49.6 Å². The Morgan fingerprint density at radius 3 is 2.78 bits per heavy atom. The standard InChI is InChI=1S/C18H28N4O/c1-4-5-13(3)20-18-19-10-16-12(2)11-22(17(16)21-18)14-6-8-15(23)9-7-14/h10-11,13-15,23H,4-9H2,1-3H3,(H,19,20,21)/t13-,14-,15-/m0/s1. The molecule has 0 bridgehead atoms. The molecule has 2 aromatic heterocycles. The van der Waals surface area contributed by atoms with Crippen molar-refractivity contribution in [2.24, 2.45) is 0 Å². The molecule has 1 aliphatic carbocycles. The summed E-state index contributed by atoms with van der Waals surface area (Å²) >= 11 is 0. The van der Waals surface area contributed by atoms with E-state index in [1.165, 1.54) is 5.56 Å². The molecule has 0 radical (unpaired) electrons. The maximum atomic E-state index is 9.74. The summed E-state index contributed by atoms with van der Waals surface area (Å²) in [6.45, 7) is 6.48. The van der Waals surface area contributed by atoms with Gasteiger partial charge in [-0.15, -0.1) is 0 Å². The first-order chi connectivity index (χ1) is 11.1. The SMILES string of the molecule is CCC[C@H](C)Nc1ncc2c(C)cn([C@H]3CC[C@H](O)CC3)c2n1. The van der Waals surface area contributed by atoms with Gasteiger partial charge in [0, 0.05) is 29.9 Å². The van der Waals surface area contributed by atoms with E-state index in [2.05, 4.69) is 41.8 Å². The molecule has 0 amide bonds. The highest BCUT2D eigenvalue weighted by atomic mass is 16.3. The van der Waals surface area contributed by atoms with Gasteiger partial charge in [-0.2, -0.15) is 4.98 Å². The first-order valence-corrected chi connectivity index (χ1v) is 8.87. The van der Waals surface area contributed by atoms with Crippen LogP contribution in [-0.4, -0.2) is 31.8 Å². The fourth-order valence-electron chi connectivity index (χ4n) is 3.60. The molecule has 0 saturated heterocycles. The summed E-state index contributed by atoms with van der Waals surface area (Å²) in [6.07, 6.45) is 10.1. The molecule has 1 saturated carbocycles. The molecule has 23 heavy (non-hydrogen) atoms. The number of hydrogen-bond donors (Lipinski definition) is 2. The van der Waals surface area contributed by atoms with Crippen LogP contribution in [0, 0.1) is 6.92 Å². The highest BCUT2D eigenvalue weighted by molar-refractivity contribution is 5.80. The predicted molar refractivity (Wildman–Crippen MR) is 93.8 cm³/mol. The summed E-state index contributed by atoms with van der Waals surface area (Å²) in [7, 11) is 0. The van der Waals surface area contributed by atoms with Crippen molar-refractivity contribution in [3.63, 3.8) is 0 Å². The van der Waals surface area contributed by atoms with E-state index < -0.39 is 0 Å². The zero-order valence-electron chi connectivity index (χ0n) is 14.4. The lowest BCUT2D eigenvalue weighted by molar-refractivity contribution is 0.111. The fourth-order valence-corrected chi connectivity index (χ4v) is 3.60. The summed E-state index contributed by atoms with van der Waals surface area (Å²) in [5.74, 6) is 0.716. The van der Waals surface area contributed by atoms with Gasteiger partial charge in [-0.25, -0.2) is 4.98 Å². The maximum Gasteiger partial charge on any atom is 0.224 e. The molecule has 2 N–H and O–H groups in total. The summed E-state index contributed by atoms with van der Waals surface area (Å²) in [5.41, 5.74) is 2.24. The Morgan fingerprint density at radius 1 is 1.35 bits per heavy atom. The highest BCUT2D eigenvalue weighted by Crippen LogP contribution is 2.32. The van der Waals surface area contributed by atoms with E-state index in [9.17, 15) is 5.11 Å². The lowest BCUT2D eigenvalue weighted by Gasteiger charge is -2.27. The number of aliphatic hydroxyl groups is 1. The quantitative estimate of drug-likeness (QED) is 0.880. The lowest BCUT2D eigenvalue weighted by atomic mass is 9.93. The van der Waals surface area contributed by atoms with Gasteiger partial charge in [0.1, 0.15) is 5.65 Å². The van der Waals surface area contributed by atoms with Crippen LogP contribution >= 0.6 is 0 Å². The molecule has 2 heterocycles. The molecule has 1 fully saturated rings. The minimum absolute atomic E-state index is 0.129. The van der Waals surface area contributed by atoms with Crippen molar-refractivity contribution in [3.05, 3.63) is 18.0 Å². The Balaban J connectivity index is 1.89. The lowest BCUT2D eigenvalue weighted by Crippen LogP contribution is -2.21. The van der Waals surface area contributed by atoms with Crippen molar-refractivity contribution in [2.75, 3.05) is 5.32 Å². The number of aliphatic hydroxyl groups excluding tert-OH is 1. The normalized spacial score (nSPS) is 23.1. The number of nitrogens with one attached hydrogen (secondary N) is 1. The first-order valence-electron chi connectivity index (χ1n) is 8.87. The Bertz CT molecular complexity index is 658. The zero-order chi connectivity index (χ0) is 16.4. The summed E-state index contributed by atoms with van der Waals surface area (Å²) < 4.78 is 2.30. The molecule has 5 heteroatoms. The van der Waals surface area contributed by atoms with Gasteiger partial charge in [-0.3, -0.25) is 0 Å². The summed E-state index contributed by atoms with van der Waals surface area (Å²) in [6, 6.07) is 0.817. The van der Waals surface area contributed by atoms with Gasteiger partial charge in [0.2, 0.25) is 5.95 Å². The van der Waals surface area contributed by atoms with Crippen LogP contribution in [0.3, 0.4) is 0 Å². The number of anilines is 1. The molecule has 0 aliphatic heterocycles. The van der Waals surface area contributed by atoms with Gasteiger partial charge in [-0.1, -0.05) is 13.3 Å². The van der Waals surface area contributed by atoms with Crippen LogP contribution in [0.4, 0.5) is 5.95 Å². The Kier molecular flexibility index (Phi) is 4.85. The minimum Gasteiger partial charge on any atom is -0.393 e. The van der Waals surface area contributed by atoms with E-state index >= 15 is 0 Å². The average Bonchev–Trinajstić information content (AvgIpc) is 2.85. The second-order valence-electron chi connectivity index (χ2n) is 6.95. The van der Waals surface area contributed by atoms with E-state index in [-0.39, 0.29) is 6.10 Å². The van der Waals surface area contributed by atoms with Crippen LogP contribution in [0.2, 0.25) is 0 Å². The van der Waals surface area contributed by atoms with Crippen LogP contribution < -0.4 is 5.32 Å². The molecule has 2 aromatic rings. The highest BCUT2D eigenvalue weighted by Gasteiger charge is 2.23. The van der Waals surface area contributed by atoms with Crippen molar-refractivity contribution < 1.29 is 5.11 Å². The zero-order valence-corrected chi connectivity index (χ0v) is 14.4. The van der Waals surface area contributed by atoms with Gasteiger partial charge in [0.15, 0.2) is 0 Å². The topological polar surface area (TPSA) is 63.0 Å².